The van der Waals surface area contributed by atoms with Crippen molar-refractivity contribution >= 4 is 49.9 Å². The number of nitrogens with zero attached hydrogens (tertiary/aromatic N) is 4. The average Bonchev–Trinajstić information content (AvgIpc) is 3.51. The van der Waals surface area contributed by atoms with Crippen LogP contribution in [0, 0.1) is 20.8 Å². The molecule has 35 heavy (non-hydrogen) atoms. The Balaban J connectivity index is 1.31. The number of carbonyl (C=O) groups excluding carboxylic acids is 1. The van der Waals surface area contributed by atoms with E-state index < -0.39 is 10.0 Å². The Bertz CT molecular complexity index is 1540. The molecule has 0 aliphatic carbocycles. The van der Waals surface area contributed by atoms with Crippen LogP contribution in [-0.2, 0) is 14.8 Å². The molecule has 1 fully saturated rings. The summed E-state index contributed by atoms with van der Waals surface area (Å²) in [5.41, 5.74) is 5.76. The van der Waals surface area contributed by atoms with E-state index in [1.165, 1.54) is 27.2 Å². The van der Waals surface area contributed by atoms with E-state index in [-0.39, 0.29) is 16.6 Å². The minimum atomic E-state index is -3.47. The number of carbonyl (C=O) groups is 1. The first-order valence-corrected chi connectivity index (χ1v) is 14.0. The van der Waals surface area contributed by atoms with Crippen molar-refractivity contribution in [3.8, 4) is 0 Å². The first kappa shape index (κ1) is 23.8. The summed E-state index contributed by atoms with van der Waals surface area (Å²) >= 11 is 1.32. The van der Waals surface area contributed by atoms with E-state index in [0.717, 1.165) is 35.0 Å². The van der Waals surface area contributed by atoms with Gasteiger partial charge in [-0.25, -0.2) is 8.42 Å². The van der Waals surface area contributed by atoms with E-state index in [2.05, 4.69) is 47.6 Å². The molecular weight excluding hydrogens is 482 g/mol. The first-order valence-electron chi connectivity index (χ1n) is 11.5. The number of fused-ring (bicyclic) bond motifs is 3. The minimum Gasteiger partial charge on any atom is -0.325 e. The van der Waals surface area contributed by atoms with Crippen molar-refractivity contribution in [2.45, 2.75) is 43.7 Å². The number of amides is 1. The largest absolute Gasteiger partial charge is 0.325 e. The van der Waals surface area contributed by atoms with Crippen molar-refractivity contribution in [1.82, 2.24) is 18.9 Å². The summed E-state index contributed by atoms with van der Waals surface area (Å²) in [7, 11) is -3.47. The molecule has 0 bridgehead atoms. The maximum absolute atomic E-state index is 12.7. The fraction of sp³-hybridized carbons (Fsp3) is 0.320. The van der Waals surface area contributed by atoms with Crippen molar-refractivity contribution in [3.63, 3.8) is 0 Å². The fourth-order valence-corrected chi connectivity index (χ4v) is 6.64. The summed E-state index contributed by atoms with van der Waals surface area (Å²) in [5, 5.41) is 13.3. The van der Waals surface area contributed by atoms with Gasteiger partial charge in [0.05, 0.1) is 16.2 Å². The molecule has 0 spiro atoms. The molecule has 182 valence electrons. The van der Waals surface area contributed by atoms with E-state index in [1.54, 1.807) is 24.3 Å². The van der Waals surface area contributed by atoms with Gasteiger partial charge in [-0.1, -0.05) is 11.8 Å². The van der Waals surface area contributed by atoms with Crippen LogP contribution in [0.1, 0.15) is 29.5 Å². The summed E-state index contributed by atoms with van der Waals surface area (Å²) in [5.74, 6) is -0.0552. The van der Waals surface area contributed by atoms with E-state index in [9.17, 15) is 13.2 Å². The molecule has 1 N–H and O–H groups in total. The lowest BCUT2D eigenvalue weighted by atomic mass is 10.0. The highest BCUT2D eigenvalue weighted by Gasteiger charge is 2.27. The second-order valence-corrected chi connectivity index (χ2v) is 11.8. The standard InChI is InChI=1S/C25H27N5O3S2/c1-16-12-19-13-18(3)24-27-28-25(30(24)22(19)14-17(16)2)34-15-23(31)26-20-6-8-21(9-7-20)35(32,33)29-10-4-5-11-29/h6-9,12-14H,4-5,10-11,15H2,1-3H3,(H,26,31). The Morgan fingerprint density at radius 1 is 0.971 bits per heavy atom. The molecule has 0 unspecified atom stereocenters. The van der Waals surface area contributed by atoms with Gasteiger partial charge in [0.1, 0.15) is 0 Å². The number of hydrogen-bond acceptors (Lipinski definition) is 6. The number of hydrogen-bond donors (Lipinski definition) is 1. The molecule has 5 rings (SSSR count). The van der Waals surface area contributed by atoms with Gasteiger partial charge in [-0.3, -0.25) is 9.20 Å². The van der Waals surface area contributed by atoms with Crippen LogP contribution < -0.4 is 5.32 Å². The van der Waals surface area contributed by atoms with E-state index in [1.807, 2.05) is 11.3 Å². The lowest BCUT2D eigenvalue weighted by molar-refractivity contribution is -0.113. The molecule has 0 atom stereocenters. The van der Waals surface area contributed by atoms with Crippen molar-refractivity contribution in [2.24, 2.45) is 0 Å². The maximum Gasteiger partial charge on any atom is 0.243 e. The first-order chi connectivity index (χ1) is 16.7. The number of aromatic nitrogens is 3. The average molecular weight is 510 g/mol. The molecule has 10 heteroatoms. The van der Waals surface area contributed by atoms with Gasteiger partial charge in [0.2, 0.25) is 15.9 Å². The third kappa shape index (κ3) is 4.53. The summed E-state index contributed by atoms with van der Waals surface area (Å²) in [4.78, 5) is 12.9. The second-order valence-electron chi connectivity index (χ2n) is 8.94. The van der Waals surface area contributed by atoms with Crippen LogP contribution in [0.5, 0.6) is 0 Å². The van der Waals surface area contributed by atoms with Gasteiger partial charge in [-0.15, -0.1) is 10.2 Å². The lowest BCUT2D eigenvalue weighted by Crippen LogP contribution is -2.27. The SMILES string of the molecule is Cc1cc2cc(C)c3nnc(SCC(=O)Nc4ccc(S(=O)(=O)N5CCCC5)cc4)n3c2cc1C. The van der Waals surface area contributed by atoms with Crippen LogP contribution in [0.25, 0.3) is 16.6 Å². The van der Waals surface area contributed by atoms with E-state index >= 15 is 0 Å². The van der Waals surface area contributed by atoms with Crippen LogP contribution in [0.4, 0.5) is 5.69 Å². The van der Waals surface area contributed by atoms with Crippen molar-refractivity contribution in [2.75, 3.05) is 24.2 Å². The number of thioether (sulfide) groups is 1. The van der Waals surface area contributed by atoms with Crippen molar-refractivity contribution in [3.05, 3.63) is 59.2 Å². The molecule has 4 aromatic rings. The predicted molar refractivity (Wildman–Crippen MR) is 138 cm³/mol. The number of rotatable bonds is 6. The van der Waals surface area contributed by atoms with Gasteiger partial charge in [-0.2, -0.15) is 4.31 Å². The van der Waals surface area contributed by atoms with E-state index in [0.29, 0.717) is 23.9 Å². The highest BCUT2D eigenvalue weighted by molar-refractivity contribution is 7.99. The Labute approximate surface area is 208 Å². The number of aryl methyl sites for hydroxylation is 3. The summed E-state index contributed by atoms with van der Waals surface area (Å²) in [6.07, 6.45) is 1.78. The molecule has 2 aromatic carbocycles. The molecule has 1 saturated heterocycles. The third-order valence-corrected chi connectivity index (χ3v) is 9.26. The zero-order valence-corrected chi connectivity index (χ0v) is 21.5. The van der Waals surface area contributed by atoms with Crippen LogP contribution >= 0.6 is 11.8 Å². The molecule has 2 aromatic heterocycles. The molecule has 1 aliphatic rings. The Morgan fingerprint density at radius 3 is 2.34 bits per heavy atom. The van der Waals surface area contributed by atoms with Crippen LogP contribution in [-0.4, -0.2) is 52.1 Å². The van der Waals surface area contributed by atoms with Crippen LogP contribution in [0.2, 0.25) is 0 Å². The van der Waals surface area contributed by atoms with Gasteiger partial charge in [-0.05, 0) is 98.2 Å². The molecule has 3 heterocycles. The van der Waals surface area contributed by atoms with Gasteiger partial charge < -0.3 is 5.32 Å². The van der Waals surface area contributed by atoms with E-state index in [4.69, 9.17) is 0 Å². The topological polar surface area (TPSA) is 96.7 Å². The lowest BCUT2D eigenvalue weighted by Gasteiger charge is -2.15. The normalized spacial score (nSPS) is 14.7. The summed E-state index contributed by atoms with van der Waals surface area (Å²) in [6.45, 7) is 7.29. The molecule has 0 saturated carbocycles. The smallest absolute Gasteiger partial charge is 0.243 e. The molecule has 8 nitrogen and oxygen atoms in total. The van der Waals surface area contributed by atoms with Crippen LogP contribution in [0.3, 0.4) is 0 Å². The number of anilines is 1. The molecule has 0 radical (unpaired) electrons. The van der Waals surface area contributed by atoms with Crippen LogP contribution in [0.15, 0.2) is 52.5 Å². The quantitative estimate of drug-likeness (QED) is 0.389. The number of sulfonamides is 1. The third-order valence-electron chi connectivity index (χ3n) is 6.42. The number of nitrogens with one attached hydrogen (secondary N) is 1. The van der Waals surface area contributed by atoms with Gasteiger partial charge in [0.15, 0.2) is 10.8 Å². The molecule has 1 aliphatic heterocycles. The minimum absolute atomic E-state index is 0.148. The van der Waals surface area contributed by atoms with Gasteiger partial charge in [0, 0.05) is 18.8 Å². The summed E-state index contributed by atoms with van der Waals surface area (Å²) < 4.78 is 28.9. The number of benzene rings is 2. The predicted octanol–water partition coefficient (Wildman–Crippen LogP) is 4.32. The van der Waals surface area contributed by atoms with Crippen molar-refractivity contribution < 1.29 is 13.2 Å². The zero-order valence-electron chi connectivity index (χ0n) is 19.9. The monoisotopic (exact) mass is 509 g/mol. The summed E-state index contributed by atoms with van der Waals surface area (Å²) in [6, 6.07) is 12.7. The Morgan fingerprint density at radius 2 is 1.63 bits per heavy atom. The number of pyridine rings is 1. The Kier molecular flexibility index (Phi) is 6.29. The van der Waals surface area contributed by atoms with Gasteiger partial charge >= 0.3 is 0 Å². The highest BCUT2D eigenvalue weighted by Crippen LogP contribution is 2.28. The maximum atomic E-state index is 12.7. The second kappa shape index (κ2) is 9.25. The fourth-order valence-electron chi connectivity index (χ4n) is 4.38. The highest BCUT2D eigenvalue weighted by atomic mass is 32.2. The Hall–Kier alpha value is -2.95. The molecular formula is C25H27N5O3S2. The molecule has 1 amide bonds. The van der Waals surface area contributed by atoms with Gasteiger partial charge in [0.25, 0.3) is 0 Å². The van der Waals surface area contributed by atoms with Crippen molar-refractivity contribution in [1.29, 1.82) is 0 Å². The zero-order chi connectivity index (χ0) is 24.7.